The largest absolute Gasteiger partial charge is 0.486 e. The second kappa shape index (κ2) is 4.61. The minimum absolute atomic E-state index is 0.118. The van der Waals surface area contributed by atoms with Crippen molar-refractivity contribution in [2.24, 2.45) is 5.73 Å². The number of hydrogen-bond acceptors (Lipinski definition) is 4. The van der Waals surface area contributed by atoms with E-state index in [1.54, 1.807) is 0 Å². The highest BCUT2D eigenvalue weighted by Crippen LogP contribution is 2.42. The summed E-state index contributed by atoms with van der Waals surface area (Å²) in [6.45, 7) is 2.87. The number of aliphatic hydroxyl groups excluding tert-OH is 1. The molecule has 1 heterocycles. The summed E-state index contributed by atoms with van der Waals surface area (Å²) in [5, 5.41) is 9.17. The number of fused-ring (bicyclic) bond motifs is 1. The maximum Gasteiger partial charge on any atom is 0.166 e. The van der Waals surface area contributed by atoms with Crippen molar-refractivity contribution in [1.82, 2.24) is 0 Å². The van der Waals surface area contributed by atoms with Crippen LogP contribution in [0.15, 0.2) is 10.5 Å². The van der Waals surface area contributed by atoms with E-state index in [0.29, 0.717) is 24.7 Å². The first-order valence-electron chi connectivity index (χ1n) is 5.10. The van der Waals surface area contributed by atoms with E-state index in [1.807, 2.05) is 13.0 Å². The molecule has 1 aromatic rings. The molecule has 88 valence electrons. The summed E-state index contributed by atoms with van der Waals surface area (Å²) in [6, 6.07) is 1.42. The summed E-state index contributed by atoms with van der Waals surface area (Å²) in [5.41, 5.74) is 7.67. The topological polar surface area (TPSA) is 64.7 Å². The van der Waals surface area contributed by atoms with Crippen LogP contribution in [0.3, 0.4) is 0 Å². The van der Waals surface area contributed by atoms with Gasteiger partial charge in [-0.05, 0) is 18.6 Å². The zero-order valence-electron chi connectivity index (χ0n) is 9.00. The molecule has 0 amide bonds. The lowest BCUT2D eigenvalue weighted by Crippen LogP contribution is -2.22. The molecule has 1 atom stereocenters. The van der Waals surface area contributed by atoms with Crippen molar-refractivity contribution in [3.63, 3.8) is 0 Å². The molecule has 4 nitrogen and oxygen atoms in total. The highest BCUT2D eigenvalue weighted by molar-refractivity contribution is 9.10. The number of hydrogen-bond donors (Lipinski definition) is 2. The molecule has 5 heteroatoms. The van der Waals surface area contributed by atoms with Gasteiger partial charge in [-0.3, -0.25) is 0 Å². The van der Waals surface area contributed by atoms with E-state index in [9.17, 15) is 0 Å². The van der Waals surface area contributed by atoms with Crippen LogP contribution in [0.25, 0.3) is 0 Å². The Bertz CT molecular complexity index is 409. The van der Waals surface area contributed by atoms with Gasteiger partial charge in [-0.25, -0.2) is 0 Å². The minimum atomic E-state index is -0.451. The van der Waals surface area contributed by atoms with E-state index in [2.05, 4.69) is 15.9 Å². The van der Waals surface area contributed by atoms with Crippen molar-refractivity contribution in [2.75, 3.05) is 19.8 Å². The van der Waals surface area contributed by atoms with Gasteiger partial charge in [-0.1, -0.05) is 15.9 Å². The number of benzene rings is 1. The SMILES string of the molecule is Cc1c(Br)cc2c(c1C(N)CO)OCCO2. The van der Waals surface area contributed by atoms with Crippen molar-refractivity contribution in [3.05, 3.63) is 21.7 Å². The van der Waals surface area contributed by atoms with Gasteiger partial charge in [0.25, 0.3) is 0 Å². The predicted molar refractivity (Wildman–Crippen MR) is 63.9 cm³/mol. The van der Waals surface area contributed by atoms with Gasteiger partial charge in [-0.2, -0.15) is 0 Å². The van der Waals surface area contributed by atoms with Gasteiger partial charge in [0.05, 0.1) is 12.6 Å². The lowest BCUT2D eigenvalue weighted by Gasteiger charge is -2.25. The Morgan fingerprint density at radius 3 is 2.88 bits per heavy atom. The molecule has 3 N–H and O–H groups in total. The maximum atomic E-state index is 9.17. The smallest absolute Gasteiger partial charge is 0.166 e. The molecule has 1 aromatic carbocycles. The molecule has 1 aliphatic heterocycles. The first-order chi connectivity index (χ1) is 7.65. The van der Waals surface area contributed by atoms with Crippen molar-refractivity contribution in [3.8, 4) is 11.5 Å². The van der Waals surface area contributed by atoms with Crippen LogP contribution in [0.5, 0.6) is 11.5 Å². The molecule has 1 aliphatic rings. The van der Waals surface area contributed by atoms with Crippen LogP contribution in [0.4, 0.5) is 0 Å². The molecular weight excluding hydrogens is 274 g/mol. The third-order valence-corrected chi connectivity index (χ3v) is 3.47. The lowest BCUT2D eigenvalue weighted by molar-refractivity contribution is 0.167. The number of nitrogens with two attached hydrogens (primary N) is 1. The second-order valence-electron chi connectivity index (χ2n) is 3.71. The Morgan fingerprint density at radius 1 is 1.50 bits per heavy atom. The van der Waals surface area contributed by atoms with Crippen LogP contribution in [-0.2, 0) is 0 Å². The van der Waals surface area contributed by atoms with E-state index in [4.69, 9.17) is 20.3 Å². The third-order valence-electron chi connectivity index (χ3n) is 2.64. The third kappa shape index (κ3) is 1.90. The second-order valence-corrected chi connectivity index (χ2v) is 4.56. The van der Waals surface area contributed by atoms with Crippen LogP contribution in [-0.4, -0.2) is 24.9 Å². The average molecular weight is 288 g/mol. The average Bonchev–Trinajstić information content (AvgIpc) is 2.30. The molecule has 1 unspecified atom stereocenters. The molecule has 2 rings (SSSR count). The molecule has 0 aromatic heterocycles. The highest BCUT2D eigenvalue weighted by Gasteiger charge is 2.23. The van der Waals surface area contributed by atoms with Gasteiger partial charge < -0.3 is 20.3 Å². The van der Waals surface area contributed by atoms with Gasteiger partial charge in [0.2, 0.25) is 0 Å². The molecule has 0 fully saturated rings. The molecule has 0 aliphatic carbocycles. The van der Waals surface area contributed by atoms with E-state index >= 15 is 0 Å². The summed E-state index contributed by atoms with van der Waals surface area (Å²) in [4.78, 5) is 0. The molecule has 0 radical (unpaired) electrons. The van der Waals surface area contributed by atoms with E-state index in [1.165, 1.54) is 0 Å². The predicted octanol–water partition coefficient (Wildman–Crippen LogP) is 1.52. The van der Waals surface area contributed by atoms with E-state index in [0.717, 1.165) is 15.6 Å². The molecular formula is C11H14BrNO3. The van der Waals surface area contributed by atoms with Crippen LogP contribution in [0, 0.1) is 6.92 Å². The number of ether oxygens (including phenoxy) is 2. The summed E-state index contributed by atoms with van der Waals surface area (Å²) >= 11 is 3.45. The van der Waals surface area contributed by atoms with Crippen molar-refractivity contribution >= 4 is 15.9 Å². The number of halogens is 1. The van der Waals surface area contributed by atoms with Gasteiger partial charge in [0.15, 0.2) is 11.5 Å². The van der Waals surface area contributed by atoms with E-state index < -0.39 is 6.04 Å². The molecule has 0 spiro atoms. The Hall–Kier alpha value is -0.780. The Morgan fingerprint density at radius 2 is 2.19 bits per heavy atom. The maximum absolute atomic E-state index is 9.17. The van der Waals surface area contributed by atoms with Crippen molar-refractivity contribution in [2.45, 2.75) is 13.0 Å². The van der Waals surface area contributed by atoms with Gasteiger partial charge in [-0.15, -0.1) is 0 Å². The first-order valence-corrected chi connectivity index (χ1v) is 5.89. The fourth-order valence-electron chi connectivity index (χ4n) is 1.81. The zero-order chi connectivity index (χ0) is 11.7. The fraction of sp³-hybridized carbons (Fsp3) is 0.455. The zero-order valence-corrected chi connectivity index (χ0v) is 10.6. The summed E-state index contributed by atoms with van der Waals surface area (Å²) in [7, 11) is 0. The summed E-state index contributed by atoms with van der Waals surface area (Å²) in [5.74, 6) is 1.34. The lowest BCUT2D eigenvalue weighted by atomic mass is 10.00. The normalized spacial score (nSPS) is 16.0. The highest BCUT2D eigenvalue weighted by atomic mass is 79.9. The van der Waals surface area contributed by atoms with Gasteiger partial charge in [0, 0.05) is 10.0 Å². The molecule has 0 saturated carbocycles. The summed E-state index contributed by atoms with van der Waals surface area (Å²) in [6.07, 6.45) is 0. The molecule has 16 heavy (non-hydrogen) atoms. The Labute approximate surface area is 102 Å². The minimum Gasteiger partial charge on any atom is -0.486 e. The van der Waals surface area contributed by atoms with E-state index in [-0.39, 0.29) is 6.61 Å². The first kappa shape index (κ1) is 11.7. The Balaban J connectivity index is 2.59. The van der Waals surface area contributed by atoms with Crippen LogP contribution in [0.2, 0.25) is 0 Å². The Kier molecular flexibility index (Phi) is 3.37. The van der Waals surface area contributed by atoms with Crippen LogP contribution >= 0.6 is 15.9 Å². The van der Waals surface area contributed by atoms with Gasteiger partial charge >= 0.3 is 0 Å². The number of aliphatic hydroxyl groups is 1. The number of rotatable bonds is 2. The van der Waals surface area contributed by atoms with Crippen molar-refractivity contribution < 1.29 is 14.6 Å². The monoisotopic (exact) mass is 287 g/mol. The van der Waals surface area contributed by atoms with Crippen LogP contribution < -0.4 is 15.2 Å². The van der Waals surface area contributed by atoms with Gasteiger partial charge in [0.1, 0.15) is 13.2 Å². The summed E-state index contributed by atoms with van der Waals surface area (Å²) < 4.78 is 12.0. The van der Waals surface area contributed by atoms with Crippen LogP contribution in [0.1, 0.15) is 17.2 Å². The quantitative estimate of drug-likeness (QED) is 0.866. The van der Waals surface area contributed by atoms with Crippen molar-refractivity contribution in [1.29, 1.82) is 0 Å². The molecule has 0 saturated heterocycles. The standard InChI is InChI=1S/C11H14BrNO3/c1-6-7(12)4-9-11(16-3-2-15-9)10(6)8(13)5-14/h4,8,14H,2-3,5,13H2,1H3. The molecule has 0 bridgehead atoms. The fourth-order valence-corrected chi connectivity index (χ4v) is 2.23.